The zero-order valence-electron chi connectivity index (χ0n) is 24.1. The van der Waals surface area contributed by atoms with Crippen LogP contribution in [0, 0.1) is 6.92 Å². The van der Waals surface area contributed by atoms with Crippen LogP contribution < -0.4 is 21.2 Å². The van der Waals surface area contributed by atoms with Crippen molar-refractivity contribution < 1.29 is 14.1 Å². The SMILES string of the molecule is CCc1ccccc1P(OCc1ccc(C)cc1)(c1ccccc1)(c1ccccc1)c1ccccc1.COCC=O. The third-order valence-corrected chi connectivity index (χ3v) is 13.3. The second kappa shape index (κ2) is 14.1. The monoisotopic (exact) mass is 562 g/mol. The minimum atomic E-state index is -3.65. The summed E-state index contributed by atoms with van der Waals surface area (Å²) in [5.41, 5.74) is 3.74. The third-order valence-electron chi connectivity index (χ3n) is 7.42. The van der Waals surface area contributed by atoms with E-state index >= 15 is 0 Å². The van der Waals surface area contributed by atoms with Gasteiger partial charge in [0.25, 0.3) is 0 Å². The predicted octanol–water partition coefficient (Wildman–Crippen LogP) is 6.68. The van der Waals surface area contributed by atoms with Gasteiger partial charge in [0.1, 0.15) is 12.9 Å². The molecule has 41 heavy (non-hydrogen) atoms. The standard InChI is InChI=1S/C34H33OP.C3H6O2/c1-3-30-15-13-14-22-34(30)36(31-16-7-4-8-17-31,32-18-9-5-10-19-32,33-20-11-6-12-21-33)35-27-29-25-23-28(2)24-26-29;1-5-3-2-4/h4-26H,3,27H2,1-2H3;2H,3H2,1H3. The number of ether oxygens (including phenoxy) is 1. The Kier molecular flexibility index (Phi) is 10.4. The van der Waals surface area contributed by atoms with Crippen LogP contribution in [0.5, 0.6) is 0 Å². The molecule has 5 aromatic rings. The normalized spacial score (nSPS) is 11.9. The van der Waals surface area contributed by atoms with Gasteiger partial charge < -0.3 is 9.53 Å². The van der Waals surface area contributed by atoms with Crippen molar-refractivity contribution in [1.82, 2.24) is 0 Å². The van der Waals surface area contributed by atoms with Gasteiger partial charge in [0.2, 0.25) is 0 Å². The summed E-state index contributed by atoms with van der Waals surface area (Å²) in [6, 6.07) is 50.3. The van der Waals surface area contributed by atoms with Crippen LogP contribution in [0.4, 0.5) is 0 Å². The number of carbonyl (C=O) groups is 1. The summed E-state index contributed by atoms with van der Waals surface area (Å²) in [6.45, 7) is 1.44. The quantitative estimate of drug-likeness (QED) is 0.141. The Hall–Kier alpha value is -3.88. The Bertz CT molecular complexity index is 1400. The van der Waals surface area contributed by atoms with Crippen molar-refractivity contribution in [1.29, 1.82) is 0 Å². The molecule has 0 atom stereocenters. The van der Waals surface area contributed by atoms with Gasteiger partial charge in [0.05, 0.1) is 0 Å². The maximum absolute atomic E-state index is 9.28. The Morgan fingerprint density at radius 2 is 1.10 bits per heavy atom. The average Bonchev–Trinajstić information content (AvgIpc) is 3.05. The molecule has 5 rings (SSSR count). The van der Waals surface area contributed by atoms with Gasteiger partial charge in [-0.2, -0.15) is 0 Å². The Labute approximate surface area is 244 Å². The Morgan fingerprint density at radius 1 is 0.634 bits per heavy atom. The minimum absolute atomic E-state index is 0.208. The Morgan fingerprint density at radius 3 is 1.51 bits per heavy atom. The van der Waals surface area contributed by atoms with E-state index in [0.717, 1.165) is 6.42 Å². The molecule has 0 amide bonds. The van der Waals surface area contributed by atoms with E-state index in [1.54, 1.807) is 0 Å². The fraction of sp³-hybridized carbons (Fsp3) is 0.162. The van der Waals surface area contributed by atoms with Crippen LogP contribution in [0.15, 0.2) is 140 Å². The van der Waals surface area contributed by atoms with Gasteiger partial charge in [-0.1, -0.05) is 0 Å². The van der Waals surface area contributed by atoms with Gasteiger partial charge in [0, 0.05) is 7.11 Å². The number of methoxy groups -OCH3 is 1. The number of aldehydes is 1. The summed E-state index contributed by atoms with van der Waals surface area (Å²) in [4.78, 5) is 9.28. The molecule has 0 unspecified atom stereocenters. The zero-order chi connectivity index (χ0) is 29.0. The second-order valence-electron chi connectivity index (χ2n) is 9.91. The van der Waals surface area contributed by atoms with Gasteiger partial charge in [-0.25, -0.2) is 0 Å². The largest absolute Gasteiger partial charge is 0.377 e. The first kappa shape index (κ1) is 30.1. The second-order valence-corrected chi connectivity index (χ2v) is 14.3. The third kappa shape index (κ3) is 5.94. The minimum Gasteiger partial charge on any atom is -0.377 e. The van der Waals surface area contributed by atoms with Crippen LogP contribution in [-0.2, 0) is 27.1 Å². The molecule has 4 heteroatoms. The number of hydrogen-bond acceptors (Lipinski definition) is 3. The average molecular weight is 563 g/mol. The number of rotatable bonds is 10. The summed E-state index contributed by atoms with van der Waals surface area (Å²) in [5.74, 6) is 0. The zero-order valence-corrected chi connectivity index (χ0v) is 25.0. The molecule has 0 aliphatic rings. The van der Waals surface area contributed by atoms with E-state index in [2.05, 4.69) is 158 Å². The molecule has 0 aromatic heterocycles. The van der Waals surface area contributed by atoms with Crippen LogP contribution in [0.2, 0.25) is 0 Å². The van der Waals surface area contributed by atoms with Crippen molar-refractivity contribution in [2.75, 3.05) is 13.7 Å². The molecule has 0 N–H and O–H groups in total. The molecule has 0 fully saturated rings. The molecule has 0 bridgehead atoms. The topological polar surface area (TPSA) is 35.5 Å². The van der Waals surface area contributed by atoms with Crippen LogP contribution in [0.1, 0.15) is 23.6 Å². The molecule has 0 radical (unpaired) electrons. The number of aryl methyl sites for hydroxylation is 2. The van der Waals surface area contributed by atoms with Crippen molar-refractivity contribution in [2.24, 2.45) is 0 Å². The van der Waals surface area contributed by atoms with E-state index in [-0.39, 0.29) is 6.61 Å². The van der Waals surface area contributed by atoms with Crippen LogP contribution in [0.3, 0.4) is 0 Å². The molecular formula is C37H39O3P. The van der Waals surface area contributed by atoms with Gasteiger partial charge in [-0.05, 0) is 0 Å². The van der Waals surface area contributed by atoms with Crippen molar-refractivity contribution in [3.8, 4) is 0 Å². The summed E-state index contributed by atoms with van der Waals surface area (Å²) in [7, 11) is 1.48. The van der Waals surface area contributed by atoms with E-state index in [0.29, 0.717) is 12.9 Å². The van der Waals surface area contributed by atoms with Crippen LogP contribution in [-0.4, -0.2) is 20.0 Å². The fourth-order valence-electron chi connectivity index (χ4n) is 5.48. The summed E-state index contributed by atoms with van der Waals surface area (Å²) < 4.78 is 12.0. The molecule has 0 aliphatic heterocycles. The fourth-order valence-corrected chi connectivity index (χ4v) is 11.6. The number of carbonyl (C=O) groups excluding carboxylic acids is 1. The smallest absolute Gasteiger partial charge is 0.145 e. The van der Waals surface area contributed by atoms with E-state index in [9.17, 15) is 4.79 Å². The first-order valence-electron chi connectivity index (χ1n) is 14.0. The van der Waals surface area contributed by atoms with Gasteiger partial charge in [-0.3, -0.25) is 0 Å². The Balaban J connectivity index is 0.000000714. The van der Waals surface area contributed by atoms with Crippen molar-refractivity contribution in [2.45, 2.75) is 26.9 Å². The molecule has 0 heterocycles. The number of benzene rings is 5. The first-order chi connectivity index (χ1) is 20.1. The molecule has 0 saturated carbocycles. The van der Waals surface area contributed by atoms with Crippen LogP contribution in [0.25, 0.3) is 0 Å². The molecule has 3 nitrogen and oxygen atoms in total. The summed E-state index contributed by atoms with van der Waals surface area (Å²) >= 11 is 0. The van der Waals surface area contributed by atoms with Crippen LogP contribution >= 0.6 is 6.83 Å². The molecule has 0 spiro atoms. The van der Waals surface area contributed by atoms with Gasteiger partial charge in [0.15, 0.2) is 0 Å². The van der Waals surface area contributed by atoms with Gasteiger partial charge >= 0.3 is 216 Å². The van der Waals surface area contributed by atoms with E-state index in [4.69, 9.17) is 4.52 Å². The van der Waals surface area contributed by atoms with Crippen molar-refractivity contribution in [3.63, 3.8) is 0 Å². The molecule has 210 valence electrons. The summed E-state index contributed by atoms with van der Waals surface area (Å²) in [6.07, 6.45) is 1.63. The summed E-state index contributed by atoms with van der Waals surface area (Å²) in [5, 5.41) is 4.93. The first-order valence-corrected chi connectivity index (χ1v) is 16.2. The van der Waals surface area contributed by atoms with E-state index < -0.39 is 6.83 Å². The maximum atomic E-state index is 9.28. The van der Waals surface area contributed by atoms with E-state index in [1.165, 1.54) is 45.0 Å². The van der Waals surface area contributed by atoms with E-state index in [1.807, 2.05) is 0 Å². The molecule has 5 aromatic carbocycles. The number of hydrogen-bond donors (Lipinski definition) is 0. The molecular weight excluding hydrogens is 523 g/mol. The van der Waals surface area contributed by atoms with Crippen molar-refractivity contribution >= 4 is 34.3 Å². The molecule has 0 saturated heterocycles. The van der Waals surface area contributed by atoms with Crippen molar-refractivity contribution in [3.05, 3.63) is 156 Å². The maximum Gasteiger partial charge on any atom is 0.145 e. The predicted molar refractivity (Wildman–Crippen MR) is 175 cm³/mol. The van der Waals surface area contributed by atoms with Gasteiger partial charge in [-0.15, -0.1) is 0 Å². The molecule has 0 aliphatic carbocycles.